The molecule has 3 N–H and O–H groups in total. The summed E-state index contributed by atoms with van der Waals surface area (Å²) in [5, 5.41) is 3.08. The third kappa shape index (κ3) is 9.58. The van der Waals surface area contributed by atoms with Crippen molar-refractivity contribution in [2.75, 3.05) is 6.54 Å². The number of halogens is 4. The highest BCUT2D eigenvalue weighted by Crippen LogP contribution is 2.24. The van der Waals surface area contributed by atoms with E-state index in [1.807, 2.05) is 0 Å². The second-order valence-electron chi connectivity index (χ2n) is 4.86. The summed E-state index contributed by atoms with van der Waals surface area (Å²) >= 11 is 5.83. The Labute approximate surface area is 146 Å². The lowest BCUT2D eigenvalue weighted by atomic mass is 10.1. The van der Waals surface area contributed by atoms with Crippen LogP contribution in [0.2, 0.25) is 5.02 Å². The second kappa shape index (κ2) is 12.3. The van der Waals surface area contributed by atoms with Gasteiger partial charge in [0.2, 0.25) is 5.91 Å². The number of unbranched alkanes of at least 4 members (excludes halogenated alkanes) is 3. The quantitative estimate of drug-likeness (QED) is 0.614. The highest BCUT2D eigenvalue weighted by molar-refractivity contribution is 6.30. The number of amides is 1. The zero-order valence-corrected chi connectivity index (χ0v) is 14.3. The lowest BCUT2D eigenvalue weighted by molar-refractivity contribution is -0.121. The third-order valence-corrected chi connectivity index (χ3v) is 3.31. The van der Waals surface area contributed by atoms with Crippen LogP contribution in [0.4, 0.5) is 8.78 Å². The topological polar surface area (TPSA) is 64.4 Å². The van der Waals surface area contributed by atoms with Crippen LogP contribution in [0.3, 0.4) is 0 Å². The molecule has 0 spiro atoms. The highest BCUT2D eigenvalue weighted by atomic mass is 35.5. The minimum absolute atomic E-state index is 0. The van der Waals surface area contributed by atoms with Crippen molar-refractivity contribution < 1.29 is 18.3 Å². The Morgan fingerprint density at radius 2 is 1.96 bits per heavy atom. The van der Waals surface area contributed by atoms with Gasteiger partial charge >= 0.3 is 6.61 Å². The van der Waals surface area contributed by atoms with E-state index in [0.717, 1.165) is 25.7 Å². The zero-order valence-electron chi connectivity index (χ0n) is 12.7. The molecular formula is C15H22Cl2F2N2O2. The van der Waals surface area contributed by atoms with Gasteiger partial charge in [-0.1, -0.05) is 24.4 Å². The first-order chi connectivity index (χ1) is 10.5. The normalized spacial score (nSPS) is 10.3. The molecule has 0 saturated carbocycles. The van der Waals surface area contributed by atoms with Gasteiger partial charge in [0.25, 0.3) is 0 Å². The molecule has 0 bridgehead atoms. The SMILES string of the molecule is Cl.NCCCCCCC(=O)NCc1cc(Cl)ccc1OC(F)F. The fraction of sp³-hybridized carbons (Fsp3) is 0.533. The maximum atomic E-state index is 12.3. The number of benzene rings is 1. The molecule has 0 aliphatic rings. The van der Waals surface area contributed by atoms with E-state index in [2.05, 4.69) is 10.1 Å². The Balaban J connectivity index is 0.00000484. The lowest BCUT2D eigenvalue weighted by Gasteiger charge is -2.12. The van der Waals surface area contributed by atoms with E-state index in [1.54, 1.807) is 0 Å². The number of carbonyl (C=O) groups excluding carboxylic acids is 1. The molecule has 0 atom stereocenters. The fourth-order valence-corrected chi connectivity index (χ4v) is 2.16. The minimum atomic E-state index is -2.92. The highest BCUT2D eigenvalue weighted by Gasteiger charge is 2.11. The van der Waals surface area contributed by atoms with Crippen molar-refractivity contribution in [2.24, 2.45) is 5.73 Å². The minimum Gasteiger partial charge on any atom is -0.434 e. The number of rotatable bonds is 10. The Morgan fingerprint density at radius 1 is 1.26 bits per heavy atom. The van der Waals surface area contributed by atoms with Crippen LogP contribution < -0.4 is 15.8 Å². The van der Waals surface area contributed by atoms with Crippen LogP contribution in [0.5, 0.6) is 5.75 Å². The van der Waals surface area contributed by atoms with Crippen molar-refractivity contribution in [1.29, 1.82) is 0 Å². The van der Waals surface area contributed by atoms with Gasteiger partial charge in [0.05, 0.1) is 0 Å². The zero-order chi connectivity index (χ0) is 16.4. The largest absolute Gasteiger partial charge is 0.434 e. The summed E-state index contributed by atoms with van der Waals surface area (Å²) in [6, 6.07) is 4.33. The van der Waals surface area contributed by atoms with Gasteiger partial charge in [0, 0.05) is 23.6 Å². The van der Waals surface area contributed by atoms with Gasteiger partial charge in [-0.25, -0.2) is 0 Å². The van der Waals surface area contributed by atoms with Crippen LogP contribution >= 0.6 is 24.0 Å². The fourth-order valence-electron chi connectivity index (χ4n) is 1.96. The number of nitrogens with two attached hydrogens (primary N) is 1. The molecule has 0 radical (unpaired) electrons. The molecule has 0 saturated heterocycles. The molecular weight excluding hydrogens is 349 g/mol. The van der Waals surface area contributed by atoms with Gasteiger partial charge in [-0.2, -0.15) is 8.78 Å². The first-order valence-corrected chi connectivity index (χ1v) is 7.60. The van der Waals surface area contributed by atoms with E-state index in [9.17, 15) is 13.6 Å². The van der Waals surface area contributed by atoms with Gasteiger partial charge in [-0.15, -0.1) is 12.4 Å². The molecule has 23 heavy (non-hydrogen) atoms. The van der Waals surface area contributed by atoms with Crippen LogP contribution in [-0.2, 0) is 11.3 Å². The average Bonchev–Trinajstić information content (AvgIpc) is 2.47. The van der Waals surface area contributed by atoms with Crippen LogP contribution in [0, 0.1) is 0 Å². The van der Waals surface area contributed by atoms with Gasteiger partial charge in [-0.3, -0.25) is 4.79 Å². The number of nitrogens with one attached hydrogen (secondary N) is 1. The molecule has 0 unspecified atom stereocenters. The van der Waals surface area contributed by atoms with Crippen molar-refractivity contribution in [3.63, 3.8) is 0 Å². The van der Waals surface area contributed by atoms with E-state index >= 15 is 0 Å². The van der Waals surface area contributed by atoms with Crippen LogP contribution in [0.1, 0.15) is 37.7 Å². The molecule has 8 heteroatoms. The van der Waals surface area contributed by atoms with Crippen LogP contribution in [0.15, 0.2) is 18.2 Å². The first kappa shape index (κ1) is 21.9. The van der Waals surface area contributed by atoms with Crippen molar-refractivity contribution in [1.82, 2.24) is 5.32 Å². The van der Waals surface area contributed by atoms with Crippen LogP contribution in [0.25, 0.3) is 0 Å². The van der Waals surface area contributed by atoms with Gasteiger partial charge in [0.15, 0.2) is 0 Å². The van der Waals surface area contributed by atoms with Crippen molar-refractivity contribution in [2.45, 2.75) is 45.3 Å². The number of hydrogen-bond donors (Lipinski definition) is 2. The van der Waals surface area contributed by atoms with Crippen molar-refractivity contribution >= 4 is 29.9 Å². The smallest absolute Gasteiger partial charge is 0.387 e. The molecule has 1 aromatic rings. The maximum absolute atomic E-state index is 12.3. The predicted octanol–water partition coefficient (Wildman–Crippen LogP) is 3.89. The summed E-state index contributed by atoms with van der Waals surface area (Å²) in [6.45, 7) is -2.16. The molecule has 0 fully saturated rings. The van der Waals surface area contributed by atoms with E-state index < -0.39 is 6.61 Å². The summed E-state index contributed by atoms with van der Waals surface area (Å²) < 4.78 is 29.0. The third-order valence-electron chi connectivity index (χ3n) is 3.07. The van der Waals surface area contributed by atoms with Gasteiger partial charge in [0.1, 0.15) is 5.75 Å². The Bertz CT molecular complexity index is 477. The molecule has 132 valence electrons. The molecule has 1 amide bonds. The maximum Gasteiger partial charge on any atom is 0.387 e. The predicted molar refractivity (Wildman–Crippen MR) is 89.3 cm³/mol. The number of ether oxygens (including phenoxy) is 1. The average molecular weight is 371 g/mol. The standard InChI is InChI=1S/C15H21ClF2N2O2.ClH/c16-12-6-7-13(22-15(17)18)11(9-12)10-20-14(21)5-3-1-2-4-8-19;/h6-7,9,15H,1-5,8,10,19H2,(H,20,21);1H. The Kier molecular flexibility index (Phi) is 11.7. The number of carbonyl (C=O) groups is 1. The monoisotopic (exact) mass is 370 g/mol. The Morgan fingerprint density at radius 3 is 2.61 bits per heavy atom. The summed E-state index contributed by atoms with van der Waals surface area (Å²) in [5.74, 6) is -0.113. The van der Waals surface area contributed by atoms with Crippen LogP contribution in [-0.4, -0.2) is 19.1 Å². The molecule has 0 aliphatic heterocycles. The molecule has 0 aromatic heterocycles. The summed E-state index contributed by atoms with van der Waals surface area (Å²) in [6.07, 6.45) is 4.09. The van der Waals surface area contributed by atoms with Crippen molar-refractivity contribution in [3.05, 3.63) is 28.8 Å². The summed E-state index contributed by atoms with van der Waals surface area (Å²) in [7, 11) is 0. The Hall–Kier alpha value is -1.11. The lowest BCUT2D eigenvalue weighted by Crippen LogP contribution is -2.23. The second-order valence-corrected chi connectivity index (χ2v) is 5.30. The molecule has 1 rings (SSSR count). The molecule has 1 aromatic carbocycles. The number of hydrogen-bond acceptors (Lipinski definition) is 3. The first-order valence-electron chi connectivity index (χ1n) is 7.23. The van der Waals surface area contributed by atoms with Crippen molar-refractivity contribution in [3.8, 4) is 5.75 Å². The summed E-state index contributed by atoms with van der Waals surface area (Å²) in [4.78, 5) is 11.7. The summed E-state index contributed by atoms with van der Waals surface area (Å²) in [5.41, 5.74) is 5.81. The van der Waals surface area contributed by atoms with E-state index in [0.29, 0.717) is 23.6 Å². The molecule has 4 nitrogen and oxygen atoms in total. The molecule has 0 aliphatic carbocycles. The van der Waals surface area contributed by atoms with E-state index in [-0.39, 0.29) is 30.6 Å². The number of alkyl halides is 2. The van der Waals surface area contributed by atoms with Gasteiger partial charge in [-0.05, 0) is 37.6 Å². The van der Waals surface area contributed by atoms with E-state index in [4.69, 9.17) is 17.3 Å². The van der Waals surface area contributed by atoms with Gasteiger partial charge < -0.3 is 15.8 Å². The van der Waals surface area contributed by atoms with E-state index in [1.165, 1.54) is 18.2 Å². The molecule has 0 heterocycles.